The van der Waals surface area contributed by atoms with Gasteiger partial charge in [0, 0.05) is 24.4 Å². The average molecular weight is 307 g/mol. The molecule has 0 bridgehead atoms. The number of pyridine rings is 1. The van der Waals surface area contributed by atoms with Crippen LogP contribution >= 0.6 is 0 Å². The first-order valence-electron chi connectivity index (χ1n) is 7.08. The van der Waals surface area contributed by atoms with Crippen LogP contribution in [0.25, 0.3) is 27.9 Å². The number of fused-ring (bicyclic) bond motifs is 2. The number of aromatic nitrogens is 4. The molecule has 0 saturated heterocycles. The Morgan fingerprint density at radius 3 is 2.96 bits per heavy atom. The van der Waals surface area contributed by atoms with Gasteiger partial charge < -0.3 is 9.67 Å². The quantitative estimate of drug-likeness (QED) is 0.590. The van der Waals surface area contributed by atoms with Crippen molar-refractivity contribution < 1.29 is 5.11 Å². The van der Waals surface area contributed by atoms with Gasteiger partial charge in [-0.2, -0.15) is 0 Å². The van der Waals surface area contributed by atoms with Gasteiger partial charge >= 0.3 is 0 Å². The Morgan fingerprint density at radius 2 is 2.17 bits per heavy atom. The molecule has 0 amide bonds. The molecule has 4 aromatic rings. The van der Waals surface area contributed by atoms with Gasteiger partial charge in [-0.25, -0.2) is 9.97 Å². The van der Waals surface area contributed by atoms with E-state index in [1.807, 2.05) is 29.8 Å². The molecule has 4 rings (SSSR count). The Labute approximate surface area is 130 Å². The number of aliphatic hydroxyl groups excluding tert-OH is 1. The van der Waals surface area contributed by atoms with Crippen LogP contribution in [0.2, 0.25) is 0 Å². The Kier molecular flexibility index (Phi) is 2.95. The Morgan fingerprint density at radius 1 is 1.30 bits per heavy atom. The summed E-state index contributed by atoms with van der Waals surface area (Å²) in [6.07, 6.45) is 3.45. The van der Waals surface area contributed by atoms with Crippen molar-refractivity contribution in [1.29, 1.82) is 0 Å². The maximum absolute atomic E-state index is 11.3. The van der Waals surface area contributed by atoms with E-state index in [4.69, 9.17) is 0 Å². The summed E-state index contributed by atoms with van der Waals surface area (Å²) in [6.45, 7) is -0.154. The summed E-state index contributed by atoms with van der Waals surface area (Å²) in [5.74, 6) is 0.214. The number of nitroso groups, excluding NO2 is 1. The maximum atomic E-state index is 11.3. The minimum atomic E-state index is -0.154. The van der Waals surface area contributed by atoms with Gasteiger partial charge in [0.15, 0.2) is 0 Å². The van der Waals surface area contributed by atoms with Crippen LogP contribution in [-0.2, 0) is 13.7 Å². The summed E-state index contributed by atoms with van der Waals surface area (Å²) < 4.78 is 3.52. The van der Waals surface area contributed by atoms with Crippen LogP contribution in [0.4, 0.5) is 5.82 Å². The zero-order valence-corrected chi connectivity index (χ0v) is 12.3. The molecule has 0 atom stereocenters. The molecule has 0 spiro atoms. The second kappa shape index (κ2) is 4.99. The summed E-state index contributed by atoms with van der Waals surface area (Å²) in [5, 5.41) is 12.6. The molecule has 0 saturated carbocycles. The molecular formula is C16H13N5O2. The van der Waals surface area contributed by atoms with Gasteiger partial charge in [0.25, 0.3) is 0 Å². The van der Waals surface area contributed by atoms with Crippen molar-refractivity contribution in [2.45, 2.75) is 6.61 Å². The van der Waals surface area contributed by atoms with Crippen molar-refractivity contribution in [1.82, 2.24) is 18.9 Å². The molecule has 0 unspecified atom stereocenters. The SMILES string of the molecule is Cn1cnc2cc(-c3nc4c(CO)cccn4c3N=O)ccc21. The molecule has 7 nitrogen and oxygen atoms in total. The molecule has 114 valence electrons. The number of hydrogen-bond donors (Lipinski definition) is 1. The molecule has 1 N–H and O–H groups in total. The van der Waals surface area contributed by atoms with Crippen LogP contribution in [0.15, 0.2) is 48.0 Å². The van der Waals surface area contributed by atoms with Gasteiger partial charge in [-0.1, -0.05) is 12.1 Å². The third-order valence-electron chi connectivity index (χ3n) is 3.96. The van der Waals surface area contributed by atoms with E-state index < -0.39 is 0 Å². The van der Waals surface area contributed by atoms with E-state index in [1.165, 1.54) is 0 Å². The third kappa shape index (κ3) is 1.94. The van der Waals surface area contributed by atoms with Crippen molar-refractivity contribution in [2.75, 3.05) is 0 Å². The minimum Gasteiger partial charge on any atom is -0.392 e. The highest BCUT2D eigenvalue weighted by Gasteiger charge is 2.17. The van der Waals surface area contributed by atoms with Gasteiger partial charge in [-0.3, -0.25) is 4.40 Å². The van der Waals surface area contributed by atoms with Gasteiger partial charge in [0.05, 0.1) is 24.0 Å². The van der Waals surface area contributed by atoms with Gasteiger partial charge in [-0.05, 0) is 23.4 Å². The normalized spacial score (nSPS) is 11.4. The standard InChI is InChI=1S/C16H13N5O2/c1-20-9-17-12-7-10(4-5-13(12)20)14-16(19-23)21-6-2-3-11(8-22)15(21)18-14/h2-7,9,22H,8H2,1H3. The van der Waals surface area contributed by atoms with Crippen LogP contribution in [0.5, 0.6) is 0 Å². The number of benzene rings is 1. The van der Waals surface area contributed by atoms with Crippen molar-refractivity contribution in [3.63, 3.8) is 0 Å². The third-order valence-corrected chi connectivity index (χ3v) is 3.96. The lowest BCUT2D eigenvalue weighted by Crippen LogP contribution is -1.90. The van der Waals surface area contributed by atoms with E-state index in [0.717, 1.165) is 16.6 Å². The lowest BCUT2D eigenvalue weighted by atomic mass is 10.1. The molecule has 7 heteroatoms. The number of hydrogen-bond acceptors (Lipinski definition) is 5. The van der Waals surface area contributed by atoms with Crippen LogP contribution in [0, 0.1) is 4.91 Å². The van der Waals surface area contributed by atoms with Crippen LogP contribution in [-0.4, -0.2) is 24.0 Å². The Bertz CT molecular complexity index is 1050. The van der Waals surface area contributed by atoms with Crippen molar-refractivity contribution in [3.8, 4) is 11.3 Å². The monoisotopic (exact) mass is 307 g/mol. The molecule has 0 radical (unpaired) electrons. The summed E-state index contributed by atoms with van der Waals surface area (Å²) in [7, 11) is 1.92. The first kappa shape index (κ1) is 13.6. The van der Waals surface area contributed by atoms with Crippen molar-refractivity contribution in [3.05, 3.63) is 53.3 Å². The lowest BCUT2D eigenvalue weighted by molar-refractivity contribution is 0.282. The fraction of sp³-hybridized carbons (Fsp3) is 0.125. The molecule has 23 heavy (non-hydrogen) atoms. The molecule has 0 aliphatic carbocycles. The van der Waals surface area contributed by atoms with Crippen molar-refractivity contribution in [2.24, 2.45) is 12.2 Å². The zero-order chi connectivity index (χ0) is 16.0. The molecular weight excluding hydrogens is 294 g/mol. The fourth-order valence-electron chi connectivity index (χ4n) is 2.80. The maximum Gasteiger partial charge on any atom is 0.209 e. The Balaban J connectivity index is 2.01. The summed E-state index contributed by atoms with van der Waals surface area (Å²) in [5.41, 5.74) is 4.23. The van der Waals surface area contributed by atoms with Gasteiger partial charge in [0.2, 0.25) is 5.82 Å². The number of imidazole rings is 2. The fourth-order valence-corrected chi connectivity index (χ4v) is 2.80. The zero-order valence-electron chi connectivity index (χ0n) is 12.3. The van der Waals surface area contributed by atoms with Crippen LogP contribution < -0.4 is 0 Å². The highest BCUT2D eigenvalue weighted by molar-refractivity contribution is 5.84. The number of nitrogens with zero attached hydrogens (tertiary/aromatic N) is 5. The number of aryl methyl sites for hydroxylation is 1. The Hall–Kier alpha value is -3.06. The summed E-state index contributed by atoms with van der Waals surface area (Å²) in [4.78, 5) is 20.2. The predicted molar refractivity (Wildman–Crippen MR) is 86.3 cm³/mol. The highest BCUT2D eigenvalue weighted by atomic mass is 16.3. The van der Waals surface area contributed by atoms with Gasteiger partial charge in [-0.15, -0.1) is 4.91 Å². The van der Waals surface area contributed by atoms with Crippen LogP contribution in [0.1, 0.15) is 5.56 Å². The van der Waals surface area contributed by atoms with Gasteiger partial charge in [0.1, 0.15) is 11.3 Å². The van der Waals surface area contributed by atoms with E-state index in [-0.39, 0.29) is 12.4 Å². The van der Waals surface area contributed by atoms with E-state index in [2.05, 4.69) is 15.1 Å². The molecule has 3 aromatic heterocycles. The minimum absolute atomic E-state index is 0.154. The predicted octanol–water partition coefficient (Wildman–Crippen LogP) is 2.78. The van der Waals surface area contributed by atoms with E-state index in [9.17, 15) is 10.0 Å². The largest absolute Gasteiger partial charge is 0.392 e. The average Bonchev–Trinajstić information content (AvgIpc) is 3.14. The molecule has 3 heterocycles. The molecule has 1 aromatic carbocycles. The van der Waals surface area contributed by atoms with E-state index in [0.29, 0.717) is 16.9 Å². The van der Waals surface area contributed by atoms with E-state index >= 15 is 0 Å². The highest BCUT2D eigenvalue weighted by Crippen LogP contribution is 2.33. The topological polar surface area (TPSA) is 84.8 Å². The lowest BCUT2D eigenvalue weighted by Gasteiger charge is -1.99. The molecule has 0 aliphatic heterocycles. The first-order chi connectivity index (χ1) is 11.2. The number of aliphatic hydroxyl groups is 1. The smallest absolute Gasteiger partial charge is 0.209 e. The molecule has 0 fully saturated rings. The first-order valence-corrected chi connectivity index (χ1v) is 7.08. The van der Waals surface area contributed by atoms with Crippen molar-refractivity contribution >= 4 is 22.5 Å². The number of rotatable bonds is 3. The second-order valence-electron chi connectivity index (χ2n) is 5.32. The summed E-state index contributed by atoms with van der Waals surface area (Å²) >= 11 is 0. The summed E-state index contributed by atoms with van der Waals surface area (Å²) in [6, 6.07) is 9.22. The molecule has 0 aliphatic rings. The van der Waals surface area contributed by atoms with Crippen LogP contribution in [0.3, 0.4) is 0 Å². The van der Waals surface area contributed by atoms with E-state index in [1.54, 1.807) is 29.1 Å². The second-order valence-corrected chi connectivity index (χ2v) is 5.32.